The molecule has 0 unspecified atom stereocenters. The van der Waals surface area contributed by atoms with Crippen molar-refractivity contribution in [3.05, 3.63) is 39.9 Å². The number of hydrogen-bond donors (Lipinski definition) is 0. The molecular weight excluding hydrogens is 300 g/mol. The van der Waals surface area contributed by atoms with Gasteiger partial charge < -0.3 is 9.64 Å². The Labute approximate surface area is 134 Å². The lowest BCUT2D eigenvalue weighted by molar-refractivity contribution is -0.384. The molecule has 2 atom stereocenters. The maximum atomic E-state index is 12.3. The molecule has 0 spiro atoms. The molecule has 1 fully saturated rings. The van der Waals surface area contributed by atoms with Crippen LogP contribution in [0.15, 0.2) is 24.3 Å². The van der Waals surface area contributed by atoms with Crippen LogP contribution in [0.2, 0.25) is 0 Å². The van der Waals surface area contributed by atoms with Gasteiger partial charge in [0, 0.05) is 24.2 Å². The smallest absolute Gasteiger partial charge is 0.338 e. The van der Waals surface area contributed by atoms with E-state index < -0.39 is 10.9 Å². The molecule has 2 rings (SSSR count). The molecule has 0 aromatic heterocycles. The molecule has 0 N–H and O–H groups in total. The highest BCUT2D eigenvalue weighted by atomic mass is 16.6. The van der Waals surface area contributed by atoms with Crippen LogP contribution in [0.1, 0.15) is 43.5 Å². The summed E-state index contributed by atoms with van der Waals surface area (Å²) in [6.45, 7) is 3.61. The number of rotatable bonds is 4. The average molecular weight is 320 g/mol. The number of nitro benzene ring substituents is 1. The third kappa shape index (κ3) is 4.06. The number of non-ortho nitro benzene ring substituents is 1. The third-order valence-corrected chi connectivity index (χ3v) is 4.10. The number of piperidine rings is 1. The molecule has 1 saturated heterocycles. The Morgan fingerprint density at radius 3 is 2.57 bits per heavy atom. The Kier molecular flexibility index (Phi) is 5.31. The van der Waals surface area contributed by atoms with E-state index in [9.17, 15) is 19.7 Å². The molecule has 0 bridgehead atoms. The average Bonchev–Trinajstić information content (AvgIpc) is 2.52. The van der Waals surface area contributed by atoms with E-state index in [1.807, 2.05) is 13.8 Å². The predicted octanol–water partition coefficient (Wildman–Crippen LogP) is 2.54. The van der Waals surface area contributed by atoms with Crippen LogP contribution < -0.4 is 0 Å². The zero-order valence-electron chi connectivity index (χ0n) is 13.2. The molecule has 1 aromatic rings. The molecule has 23 heavy (non-hydrogen) atoms. The Balaban J connectivity index is 1.97. The molecule has 1 heterocycles. The molecule has 1 aromatic carbocycles. The van der Waals surface area contributed by atoms with Crippen molar-refractivity contribution in [3.8, 4) is 0 Å². The van der Waals surface area contributed by atoms with E-state index in [2.05, 4.69) is 0 Å². The number of nitro groups is 1. The molecule has 0 saturated carbocycles. The van der Waals surface area contributed by atoms with Gasteiger partial charge in [-0.2, -0.15) is 0 Å². The number of carbonyl (C=O) groups is 2. The lowest BCUT2D eigenvalue weighted by Gasteiger charge is -2.38. The van der Waals surface area contributed by atoms with Gasteiger partial charge in [-0.3, -0.25) is 14.9 Å². The van der Waals surface area contributed by atoms with Gasteiger partial charge in [-0.05, 0) is 39.2 Å². The fourth-order valence-corrected chi connectivity index (χ4v) is 2.94. The largest absolute Gasteiger partial charge is 0.452 e. The molecule has 0 radical (unpaired) electrons. The minimum Gasteiger partial charge on any atom is -0.452 e. The molecule has 124 valence electrons. The summed E-state index contributed by atoms with van der Waals surface area (Å²) in [4.78, 5) is 36.1. The second-order valence-corrected chi connectivity index (χ2v) is 5.81. The molecule has 1 aliphatic rings. The van der Waals surface area contributed by atoms with Crippen LogP contribution in [0.3, 0.4) is 0 Å². The molecule has 7 heteroatoms. The summed E-state index contributed by atoms with van der Waals surface area (Å²) in [5.41, 5.74) is -0.129. The van der Waals surface area contributed by atoms with Crippen LogP contribution >= 0.6 is 0 Å². The second-order valence-electron chi connectivity index (χ2n) is 5.81. The van der Waals surface area contributed by atoms with Crippen LogP contribution in [0.25, 0.3) is 0 Å². The van der Waals surface area contributed by atoms with Crippen LogP contribution in [-0.2, 0) is 9.53 Å². The van der Waals surface area contributed by atoms with Gasteiger partial charge in [0.1, 0.15) is 0 Å². The van der Waals surface area contributed by atoms with Gasteiger partial charge >= 0.3 is 5.97 Å². The Hall–Kier alpha value is -2.44. The van der Waals surface area contributed by atoms with E-state index in [4.69, 9.17) is 4.74 Å². The van der Waals surface area contributed by atoms with E-state index in [0.717, 1.165) is 25.3 Å². The first-order chi connectivity index (χ1) is 10.9. The Morgan fingerprint density at radius 1 is 1.30 bits per heavy atom. The number of nitrogens with zero attached hydrogens (tertiary/aromatic N) is 2. The summed E-state index contributed by atoms with van der Waals surface area (Å²) >= 11 is 0. The van der Waals surface area contributed by atoms with Gasteiger partial charge in [-0.15, -0.1) is 0 Å². The van der Waals surface area contributed by atoms with Crippen molar-refractivity contribution in [3.63, 3.8) is 0 Å². The highest BCUT2D eigenvalue weighted by molar-refractivity contribution is 5.92. The van der Waals surface area contributed by atoms with Gasteiger partial charge in [-0.1, -0.05) is 6.07 Å². The van der Waals surface area contributed by atoms with Crippen molar-refractivity contribution in [2.75, 3.05) is 6.61 Å². The Morgan fingerprint density at radius 2 is 1.96 bits per heavy atom. The lowest BCUT2D eigenvalue weighted by atomic mass is 9.97. The maximum Gasteiger partial charge on any atom is 0.338 e. The molecule has 7 nitrogen and oxygen atoms in total. The summed E-state index contributed by atoms with van der Waals surface area (Å²) in [7, 11) is 0. The van der Waals surface area contributed by atoms with Crippen molar-refractivity contribution < 1.29 is 19.2 Å². The highest BCUT2D eigenvalue weighted by Crippen LogP contribution is 2.22. The van der Waals surface area contributed by atoms with Crippen LogP contribution in [0.5, 0.6) is 0 Å². The topological polar surface area (TPSA) is 89.8 Å². The van der Waals surface area contributed by atoms with Gasteiger partial charge in [0.2, 0.25) is 0 Å². The van der Waals surface area contributed by atoms with E-state index in [1.54, 1.807) is 4.90 Å². The first-order valence-electron chi connectivity index (χ1n) is 7.63. The fraction of sp³-hybridized carbons (Fsp3) is 0.500. The monoisotopic (exact) mass is 320 g/mol. The summed E-state index contributed by atoms with van der Waals surface area (Å²) in [6, 6.07) is 5.51. The predicted molar refractivity (Wildman–Crippen MR) is 83.0 cm³/mol. The second kappa shape index (κ2) is 7.21. The maximum absolute atomic E-state index is 12.3. The molecule has 1 amide bonds. The summed E-state index contributed by atoms with van der Waals surface area (Å²) in [5.74, 6) is -0.970. The fourth-order valence-electron chi connectivity index (χ4n) is 2.94. The number of esters is 1. The highest BCUT2D eigenvalue weighted by Gasteiger charge is 2.29. The minimum absolute atomic E-state index is 0.0618. The quantitative estimate of drug-likeness (QED) is 0.483. The van der Waals surface area contributed by atoms with Crippen LogP contribution in [0, 0.1) is 10.1 Å². The number of carbonyl (C=O) groups excluding carboxylic acids is 2. The van der Waals surface area contributed by atoms with E-state index in [1.165, 1.54) is 18.2 Å². The minimum atomic E-state index is -0.737. The number of hydrogen-bond acceptors (Lipinski definition) is 5. The summed E-state index contributed by atoms with van der Waals surface area (Å²) < 4.78 is 5.02. The van der Waals surface area contributed by atoms with Crippen LogP contribution in [0.4, 0.5) is 5.69 Å². The Bertz CT molecular complexity index is 606. The van der Waals surface area contributed by atoms with E-state index in [0.29, 0.717) is 0 Å². The molecule has 1 aliphatic heterocycles. The zero-order valence-corrected chi connectivity index (χ0v) is 13.2. The van der Waals surface area contributed by atoms with E-state index in [-0.39, 0.29) is 35.8 Å². The van der Waals surface area contributed by atoms with Crippen molar-refractivity contribution >= 4 is 17.6 Å². The van der Waals surface area contributed by atoms with Gasteiger partial charge in [-0.25, -0.2) is 4.79 Å². The third-order valence-electron chi connectivity index (χ3n) is 4.10. The van der Waals surface area contributed by atoms with Crippen LogP contribution in [-0.4, -0.2) is 40.4 Å². The van der Waals surface area contributed by atoms with Crippen molar-refractivity contribution in [1.82, 2.24) is 4.90 Å². The first-order valence-corrected chi connectivity index (χ1v) is 7.63. The van der Waals surface area contributed by atoms with Crippen molar-refractivity contribution in [2.45, 2.75) is 45.2 Å². The standard InChI is InChI=1S/C16H20N2O5/c1-11-5-3-6-12(2)17(11)15(19)10-23-16(20)13-7-4-8-14(9-13)18(21)22/h4,7-9,11-12H,3,5-6,10H2,1-2H3/t11-,12-/m1/s1. The van der Waals surface area contributed by atoms with Gasteiger partial charge in [0.05, 0.1) is 10.5 Å². The number of ether oxygens (including phenoxy) is 1. The number of likely N-dealkylation sites (tertiary alicyclic amines) is 1. The normalized spacial score (nSPS) is 20.9. The van der Waals surface area contributed by atoms with E-state index >= 15 is 0 Å². The number of benzene rings is 1. The zero-order chi connectivity index (χ0) is 17.0. The van der Waals surface area contributed by atoms with Gasteiger partial charge in [0.15, 0.2) is 6.61 Å². The summed E-state index contributed by atoms with van der Waals surface area (Å²) in [6.07, 6.45) is 2.96. The molecular formula is C16H20N2O5. The lowest BCUT2D eigenvalue weighted by Crippen LogP contribution is -2.49. The number of amides is 1. The van der Waals surface area contributed by atoms with Crippen molar-refractivity contribution in [2.24, 2.45) is 0 Å². The molecule has 0 aliphatic carbocycles. The van der Waals surface area contributed by atoms with Crippen molar-refractivity contribution in [1.29, 1.82) is 0 Å². The first kappa shape index (κ1) is 16.9. The summed E-state index contributed by atoms with van der Waals surface area (Å²) in [5, 5.41) is 10.7. The van der Waals surface area contributed by atoms with Gasteiger partial charge in [0.25, 0.3) is 11.6 Å². The SMILES string of the molecule is C[C@@H]1CCC[C@@H](C)N1C(=O)COC(=O)c1cccc([N+](=O)[O-])c1.